The Balaban J connectivity index is 2.80. The molecule has 1 atom stereocenters. The van der Waals surface area contributed by atoms with E-state index >= 15 is 0 Å². The zero-order valence-electron chi connectivity index (χ0n) is 12.0. The predicted molar refractivity (Wildman–Crippen MR) is 75.2 cm³/mol. The van der Waals surface area contributed by atoms with Crippen molar-refractivity contribution >= 4 is 22.0 Å². The van der Waals surface area contributed by atoms with E-state index in [1.807, 2.05) is 0 Å². The first-order valence-corrected chi connectivity index (χ1v) is 7.86. The third kappa shape index (κ3) is 6.26. The molecule has 0 fully saturated rings. The number of hydrogen-bond acceptors (Lipinski definition) is 6. The molecule has 0 aliphatic rings. The van der Waals surface area contributed by atoms with E-state index in [2.05, 4.69) is 10.1 Å². The summed E-state index contributed by atoms with van der Waals surface area (Å²) >= 11 is 0. The van der Waals surface area contributed by atoms with Gasteiger partial charge in [0.25, 0.3) is 0 Å². The van der Waals surface area contributed by atoms with Gasteiger partial charge in [-0.2, -0.15) is 8.42 Å². The topological polar surface area (TPSA) is 98.8 Å². The van der Waals surface area contributed by atoms with Gasteiger partial charge >= 0.3 is 16.1 Å². The molecule has 1 N–H and O–H groups in total. The number of esters is 1. The van der Waals surface area contributed by atoms with Gasteiger partial charge in [0.2, 0.25) is 5.91 Å². The molecule has 21 heavy (non-hydrogen) atoms. The summed E-state index contributed by atoms with van der Waals surface area (Å²) in [5.41, 5.74) is 0.722. The molecular weight excluding hydrogens is 298 g/mol. The van der Waals surface area contributed by atoms with Crippen molar-refractivity contribution in [2.24, 2.45) is 0 Å². The molecule has 1 amide bonds. The van der Waals surface area contributed by atoms with Crippen LogP contribution < -0.4 is 9.50 Å². The van der Waals surface area contributed by atoms with E-state index in [1.54, 1.807) is 12.1 Å². The molecule has 0 aliphatic carbocycles. The maximum absolute atomic E-state index is 11.6. The third-order valence-electron chi connectivity index (χ3n) is 2.47. The first-order chi connectivity index (χ1) is 9.71. The maximum Gasteiger partial charge on any atom is 0.328 e. The third-order valence-corrected chi connectivity index (χ3v) is 2.97. The van der Waals surface area contributed by atoms with Crippen LogP contribution in [-0.2, 0) is 30.9 Å². The summed E-state index contributed by atoms with van der Waals surface area (Å²) in [4.78, 5) is 22.6. The zero-order valence-corrected chi connectivity index (χ0v) is 12.8. The Morgan fingerprint density at radius 3 is 2.24 bits per heavy atom. The lowest BCUT2D eigenvalue weighted by atomic mass is 10.1. The molecule has 0 radical (unpaired) electrons. The lowest BCUT2D eigenvalue weighted by Gasteiger charge is -2.15. The molecule has 1 aromatic carbocycles. The summed E-state index contributed by atoms with van der Waals surface area (Å²) in [6, 6.07) is 5.36. The highest BCUT2D eigenvalue weighted by Gasteiger charge is 2.20. The molecule has 7 nitrogen and oxygen atoms in total. The van der Waals surface area contributed by atoms with Crippen LogP contribution in [-0.4, -0.2) is 39.7 Å². The van der Waals surface area contributed by atoms with Crippen molar-refractivity contribution < 1.29 is 26.9 Å². The van der Waals surface area contributed by atoms with Crippen molar-refractivity contribution in [2.75, 3.05) is 13.4 Å². The molecule has 0 bridgehead atoms. The van der Waals surface area contributed by atoms with Gasteiger partial charge < -0.3 is 14.2 Å². The second-order valence-corrected chi connectivity index (χ2v) is 5.99. The number of carbonyl (C=O) groups is 2. The van der Waals surface area contributed by atoms with Crippen LogP contribution in [0.2, 0.25) is 0 Å². The Bertz CT molecular complexity index is 608. The number of ether oxygens (including phenoxy) is 1. The molecule has 0 unspecified atom stereocenters. The van der Waals surface area contributed by atoms with Crippen molar-refractivity contribution in [1.82, 2.24) is 5.32 Å². The van der Waals surface area contributed by atoms with Gasteiger partial charge in [-0.25, -0.2) is 4.79 Å². The monoisotopic (exact) mass is 315 g/mol. The fourth-order valence-electron chi connectivity index (χ4n) is 1.67. The van der Waals surface area contributed by atoms with Gasteiger partial charge in [-0.1, -0.05) is 12.1 Å². The minimum absolute atomic E-state index is 0.176. The molecule has 0 saturated heterocycles. The Kier molecular flexibility index (Phi) is 5.71. The van der Waals surface area contributed by atoms with Gasteiger partial charge in [-0.3, -0.25) is 4.79 Å². The van der Waals surface area contributed by atoms with Gasteiger partial charge in [-0.05, 0) is 17.7 Å². The summed E-state index contributed by atoms with van der Waals surface area (Å²) < 4.78 is 31.3. The molecule has 0 spiro atoms. The normalized spacial score (nSPS) is 12.3. The van der Waals surface area contributed by atoms with Crippen molar-refractivity contribution in [3.05, 3.63) is 29.8 Å². The van der Waals surface area contributed by atoms with E-state index in [4.69, 9.17) is 4.18 Å². The summed E-state index contributed by atoms with van der Waals surface area (Å²) in [6.45, 7) is 1.30. The van der Waals surface area contributed by atoms with Crippen LogP contribution in [0.15, 0.2) is 24.3 Å². The Labute approximate surface area is 123 Å². The van der Waals surface area contributed by atoms with Crippen molar-refractivity contribution in [3.63, 3.8) is 0 Å². The number of hydrogen-bond donors (Lipinski definition) is 1. The number of methoxy groups -OCH3 is 1. The quantitative estimate of drug-likeness (QED) is 0.596. The van der Waals surface area contributed by atoms with Crippen LogP contribution in [0.25, 0.3) is 0 Å². The van der Waals surface area contributed by atoms with E-state index in [-0.39, 0.29) is 18.1 Å². The Morgan fingerprint density at radius 1 is 1.24 bits per heavy atom. The molecule has 0 heterocycles. The summed E-state index contributed by atoms with van der Waals surface area (Å²) in [6.07, 6.45) is 1.18. The van der Waals surface area contributed by atoms with Gasteiger partial charge in [0.1, 0.15) is 11.8 Å². The summed E-state index contributed by atoms with van der Waals surface area (Å²) in [7, 11) is -2.34. The van der Waals surface area contributed by atoms with E-state index < -0.39 is 22.1 Å². The van der Waals surface area contributed by atoms with E-state index in [0.29, 0.717) is 0 Å². The van der Waals surface area contributed by atoms with Crippen LogP contribution in [0, 0.1) is 0 Å². The largest absolute Gasteiger partial charge is 0.467 e. The molecular formula is C13H17NO6S. The molecule has 8 heteroatoms. The highest BCUT2D eigenvalue weighted by molar-refractivity contribution is 7.86. The minimum atomic E-state index is -3.58. The second-order valence-electron chi connectivity index (χ2n) is 4.41. The standard InChI is InChI=1S/C13H17NO6S/c1-9(15)14-12(13(16)19-2)8-10-4-6-11(7-5-10)20-21(3,17)18/h4-7,12H,8H2,1-3H3,(H,14,15)/t12-/m0/s1. The number of amides is 1. The minimum Gasteiger partial charge on any atom is -0.467 e. The van der Waals surface area contributed by atoms with Crippen LogP contribution in [0.3, 0.4) is 0 Å². The van der Waals surface area contributed by atoms with Crippen molar-refractivity contribution in [2.45, 2.75) is 19.4 Å². The number of carbonyl (C=O) groups excluding carboxylic acids is 2. The Hall–Kier alpha value is -2.09. The fourth-order valence-corrected chi connectivity index (χ4v) is 2.13. The van der Waals surface area contributed by atoms with E-state index in [1.165, 1.54) is 26.2 Å². The van der Waals surface area contributed by atoms with Gasteiger partial charge in [0.15, 0.2) is 0 Å². The van der Waals surface area contributed by atoms with Crippen molar-refractivity contribution in [3.8, 4) is 5.75 Å². The highest BCUT2D eigenvalue weighted by Crippen LogP contribution is 2.15. The highest BCUT2D eigenvalue weighted by atomic mass is 32.2. The molecule has 0 aromatic heterocycles. The van der Waals surface area contributed by atoms with Gasteiger partial charge in [0.05, 0.1) is 13.4 Å². The van der Waals surface area contributed by atoms with Crippen LogP contribution in [0.1, 0.15) is 12.5 Å². The summed E-state index contributed by atoms with van der Waals surface area (Å²) in [5, 5.41) is 2.49. The van der Waals surface area contributed by atoms with Gasteiger partial charge in [-0.15, -0.1) is 0 Å². The number of nitrogens with one attached hydrogen (secondary N) is 1. The summed E-state index contributed by atoms with van der Waals surface area (Å²) in [5.74, 6) is -0.723. The molecule has 0 aliphatic heterocycles. The maximum atomic E-state index is 11.6. The van der Waals surface area contributed by atoms with Gasteiger partial charge in [0, 0.05) is 13.3 Å². The lowest BCUT2D eigenvalue weighted by Crippen LogP contribution is -2.41. The molecule has 1 aromatic rings. The zero-order chi connectivity index (χ0) is 16.0. The van der Waals surface area contributed by atoms with E-state index in [0.717, 1.165) is 11.8 Å². The first-order valence-electron chi connectivity index (χ1n) is 6.04. The van der Waals surface area contributed by atoms with E-state index in [9.17, 15) is 18.0 Å². The average molecular weight is 315 g/mol. The number of rotatable bonds is 6. The fraction of sp³-hybridized carbons (Fsp3) is 0.385. The number of benzene rings is 1. The lowest BCUT2D eigenvalue weighted by molar-refractivity contribution is -0.144. The molecule has 116 valence electrons. The smallest absolute Gasteiger partial charge is 0.328 e. The second kappa shape index (κ2) is 7.07. The predicted octanol–water partition coefficient (Wildman–Crippen LogP) is 0.245. The van der Waals surface area contributed by atoms with Crippen LogP contribution in [0.5, 0.6) is 5.75 Å². The first kappa shape index (κ1) is 17.0. The van der Waals surface area contributed by atoms with Crippen molar-refractivity contribution in [1.29, 1.82) is 0 Å². The molecule has 1 rings (SSSR count). The van der Waals surface area contributed by atoms with Crippen LogP contribution in [0.4, 0.5) is 0 Å². The Morgan fingerprint density at radius 2 is 1.81 bits per heavy atom. The SMILES string of the molecule is COC(=O)[C@H](Cc1ccc(OS(C)(=O)=O)cc1)NC(C)=O. The molecule has 0 saturated carbocycles. The van der Waals surface area contributed by atoms with Crippen LogP contribution >= 0.6 is 0 Å². The average Bonchev–Trinajstić information content (AvgIpc) is 2.37.